The number of amides is 1. The van der Waals surface area contributed by atoms with Gasteiger partial charge in [-0.25, -0.2) is 18.1 Å². The highest BCUT2D eigenvalue weighted by atomic mass is 32.2. The zero-order chi connectivity index (χ0) is 32.4. The van der Waals surface area contributed by atoms with Crippen molar-refractivity contribution in [3.8, 4) is 17.0 Å². The zero-order valence-corrected chi connectivity index (χ0v) is 26.0. The summed E-state index contributed by atoms with van der Waals surface area (Å²) < 4.78 is 77.9. The highest BCUT2D eigenvalue weighted by molar-refractivity contribution is 7.89. The van der Waals surface area contributed by atoms with Gasteiger partial charge in [0, 0.05) is 47.3 Å². The lowest BCUT2D eigenvalue weighted by Crippen LogP contribution is -2.42. The number of hydrogen-bond donors (Lipinski definition) is 1. The molecule has 1 amide bonds. The van der Waals surface area contributed by atoms with E-state index in [2.05, 4.69) is 21.1 Å². The first-order chi connectivity index (χ1) is 21.8. The van der Waals surface area contributed by atoms with Crippen LogP contribution in [0, 0.1) is 5.41 Å². The van der Waals surface area contributed by atoms with Crippen LogP contribution in [0.15, 0.2) is 59.1 Å². The maximum absolute atomic E-state index is 13.9. The third-order valence-electron chi connectivity index (χ3n) is 9.11. The van der Waals surface area contributed by atoms with E-state index in [0.29, 0.717) is 22.4 Å². The number of piperidine rings is 1. The third kappa shape index (κ3) is 5.61. The van der Waals surface area contributed by atoms with Crippen LogP contribution < -0.4 is 14.4 Å². The van der Waals surface area contributed by atoms with E-state index in [-0.39, 0.29) is 28.3 Å². The number of pyridine rings is 1. The number of fused-ring (bicyclic) bond motifs is 1. The monoisotopic (exact) mass is 652 g/mol. The first-order valence-corrected chi connectivity index (χ1v) is 16.9. The van der Waals surface area contributed by atoms with Crippen molar-refractivity contribution >= 4 is 38.1 Å². The van der Waals surface area contributed by atoms with Gasteiger partial charge in [-0.2, -0.15) is 13.2 Å². The molecule has 240 valence electrons. The fourth-order valence-corrected chi connectivity index (χ4v) is 7.10. The van der Waals surface area contributed by atoms with Crippen LogP contribution in [0.2, 0.25) is 0 Å². The van der Waals surface area contributed by atoms with E-state index in [1.54, 1.807) is 12.1 Å². The van der Waals surface area contributed by atoms with E-state index < -0.39 is 27.7 Å². The summed E-state index contributed by atoms with van der Waals surface area (Å²) in [5.74, 6) is 0.445. The molecule has 0 bridgehead atoms. The second-order valence-electron chi connectivity index (χ2n) is 12.4. The second kappa shape index (κ2) is 10.9. The van der Waals surface area contributed by atoms with Gasteiger partial charge in [-0.15, -0.1) is 0 Å². The fraction of sp³-hybridized carbons (Fsp3) is 0.364. The quantitative estimate of drug-likeness (QED) is 0.239. The summed E-state index contributed by atoms with van der Waals surface area (Å²) >= 11 is 0. The molecule has 2 aromatic carbocycles. The summed E-state index contributed by atoms with van der Waals surface area (Å²) in [6, 6.07) is 12.6. The van der Waals surface area contributed by atoms with Gasteiger partial charge in [0.15, 0.2) is 0 Å². The number of nitrogens with zero attached hydrogens (tertiary/aromatic N) is 3. The van der Waals surface area contributed by atoms with Crippen molar-refractivity contribution in [2.24, 2.45) is 5.41 Å². The Morgan fingerprint density at radius 2 is 1.83 bits per heavy atom. The molecule has 46 heavy (non-hydrogen) atoms. The molecule has 13 heteroatoms. The van der Waals surface area contributed by atoms with Gasteiger partial charge in [0.1, 0.15) is 22.9 Å². The molecule has 0 radical (unpaired) electrons. The summed E-state index contributed by atoms with van der Waals surface area (Å²) in [4.78, 5) is 19.0. The van der Waals surface area contributed by atoms with Crippen LogP contribution in [0.4, 0.5) is 18.9 Å². The van der Waals surface area contributed by atoms with Crippen LogP contribution >= 0.6 is 0 Å². The van der Waals surface area contributed by atoms with E-state index in [4.69, 9.17) is 9.26 Å². The first kappa shape index (κ1) is 30.3. The second-order valence-corrected chi connectivity index (χ2v) is 14.1. The van der Waals surface area contributed by atoms with E-state index >= 15 is 0 Å². The number of allylic oxidation sites excluding steroid dienone is 2. The fourth-order valence-electron chi connectivity index (χ4n) is 6.66. The molecule has 2 fully saturated rings. The minimum atomic E-state index is -4.51. The van der Waals surface area contributed by atoms with Crippen molar-refractivity contribution < 1.29 is 35.6 Å². The summed E-state index contributed by atoms with van der Waals surface area (Å²) in [7, 11) is -2.28. The number of benzene rings is 2. The van der Waals surface area contributed by atoms with E-state index in [1.165, 1.54) is 25.3 Å². The number of rotatable bonds is 7. The van der Waals surface area contributed by atoms with Crippen LogP contribution in [0.25, 0.3) is 27.7 Å². The number of aromatic nitrogens is 2. The van der Waals surface area contributed by atoms with Crippen molar-refractivity contribution in [1.29, 1.82) is 0 Å². The van der Waals surface area contributed by atoms with E-state index in [0.717, 1.165) is 74.3 Å². The van der Waals surface area contributed by atoms with Gasteiger partial charge in [0.2, 0.25) is 10.0 Å². The summed E-state index contributed by atoms with van der Waals surface area (Å²) in [5.41, 5.74) is 2.65. The largest absolute Gasteiger partial charge is 0.496 e. The van der Waals surface area contributed by atoms with Crippen molar-refractivity contribution in [3.05, 3.63) is 77.2 Å². The SMILES string of the molecule is COc1cc(C(=O)NS(C)(=O)=O)nc2ccc(N3CCC4(C=C(c5c(-c6ccccc6C(F)(F)F)noc5C5CC5)C4)CC3)cc12. The zero-order valence-electron chi connectivity index (χ0n) is 25.1. The van der Waals surface area contributed by atoms with Crippen LogP contribution in [0.5, 0.6) is 5.75 Å². The summed E-state index contributed by atoms with van der Waals surface area (Å²) in [6.07, 6.45) is 2.98. The molecule has 2 aliphatic carbocycles. The lowest BCUT2D eigenvalue weighted by atomic mass is 9.63. The number of sulfonamides is 1. The summed E-state index contributed by atoms with van der Waals surface area (Å²) in [5, 5.41) is 4.88. The van der Waals surface area contributed by atoms with Crippen molar-refractivity contribution in [1.82, 2.24) is 14.9 Å². The number of carbonyl (C=O) groups excluding carboxylic acids is 1. The molecule has 3 aliphatic rings. The van der Waals surface area contributed by atoms with Crippen molar-refractivity contribution in [2.75, 3.05) is 31.4 Å². The Morgan fingerprint density at radius 1 is 1.11 bits per heavy atom. The molecule has 7 rings (SSSR count). The molecule has 1 saturated heterocycles. The van der Waals surface area contributed by atoms with Gasteiger partial charge in [-0.3, -0.25) is 4.79 Å². The van der Waals surface area contributed by atoms with Crippen LogP contribution in [-0.2, 0) is 16.2 Å². The number of nitrogens with one attached hydrogen (secondary N) is 1. The van der Waals surface area contributed by atoms with Crippen molar-refractivity contribution in [3.63, 3.8) is 0 Å². The van der Waals surface area contributed by atoms with Crippen LogP contribution in [-0.4, -0.2) is 50.9 Å². The molecule has 3 heterocycles. The van der Waals surface area contributed by atoms with E-state index in [1.807, 2.05) is 16.9 Å². The van der Waals surface area contributed by atoms with Gasteiger partial charge in [0.05, 0.1) is 24.4 Å². The average molecular weight is 653 g/mol. The highest BCUT2D eigenvalue weighted by Gasteiger charge is 2.45. The lowest BCUT2D eigenvalue weighted by Gasteiger charge is -2.47. The lowest BCUT2D eigenvalue weighted by molar-refractivity contribution is -0.137. The number of ether oxygens (including phenoxy) is 1. The Hall–Kier alpha value is -4.39. The van der Waals surface area contributed by atoms with Gasteiger partial charge >= 0.3 is 6.18 Å². The Kier molecular flexibility index (Phi) is 7.14. The molecule has 1 spiro atoms. The molecule has 4 aromatic rings. The van der Waals surface area contributed by atoms with Crippen LogP contribution in [0.1, 0.15) is 65.4 Å². The number of carbonyl (C=O) groups is 1. The number of methoxy groups -OCH3 is 1. The molecule has 1 N–H and O–H groups in total. The molecular weight excluding hydrogens is 621 g/mol. The van der Waals surface area contributed by atoms with Crippen molar-refractivity contribution in [2.45, 2.75) is 44.2 Å². The Labute approximate surface area is 263 Å². The third-order valence-corrected chi connectivity index (χ3v) is 9.66. The standard InChI is InChI=1S/C33H31F3N4O5S/c1-44-27-16-26(31(41)39-46(2,42)43)37-25-10-9-21(15-23(25)27)40-13-11-32(12-14-40)17-20(18-32)28-29(38-45-30(28)19-7-8-19)22-5-3-4-6-24(22)33(34,35)36/h3-6,9-10,15-17,19H,7-8,11-14,18H2,1-2H3,(H,39,41). The number of anilines is 1. The molecule has 9 nitrogen and oxygen atoms in total. The van der Waals surface area contributed by atoms with E-state index in [9.17, 15) is 26.4 Å². The maximum Gasteiger partial charge on any atom is 0.417 e. The maximum atomic E-state index is 13.9. The number of hydrogen-bond acceptors (Lipinski definition) is 8. The van der Waals surface area contributed by atoms with Gasteiger partial charge in [-0.05, 0) is 67.4 Å². The van der Waals surface area contributed by atoms with Gasteiger partial charge < -0.3 is 14.2 Å². The molecular formula is C33H31F3N4O5S. The highest BCUT2D eigenvalue weighted by Crippen LogP contribution is 2.56. The average Bonchev–Trinajstić information content (AvgIpc) is 3.76. The molecule has 0 unspecified atom stereocenters. The predicted octanol–water partition coefficient (Wildman–Crippen LogP) is 6.56. The molecule has 1 aliphatic heterocycles. The van der Waals surface area contributed by atoms with Crippen LogP contribution in [0.3, 0.4) is 0 Å². The Morgan fingerprint density at radius 3 is 2.48 bits per heavy atom. The minimum absolute atomic E-state index is 0.0432. The Balaban J connectivity index is 1.12. The number of alkyl halides is 3. The molecule has 2 aromatic heterocycles. The van der Waals surface area contributed by atoms with Gasteiger partial charge in [0.25, 0.3) is 5.91 Å². The summed E-state index contributed by atoms with van der Waals surface area (Å²) in [6.45, 7) is 1.53. The number of halogens is 3. The first-order valence-electron chi connectivity index (χ1n) is 15.0. The molecule has 0 atom stereocenters. The predicted molar refractivity (Wildman–Crippen MR) is 166 cm³/mol. The topological polar surface area (TPSA) is 115 Å². The normalized spacial score (nSPS) is 17.9. The minimum Gasteiger partial charge on any atom is -0.496 e. The Bertz CT molecular complexity index is 2010. The molecule has 1 saturated carbocycles. The smallest absolute Gasteiger partial charge is 0.417 e. The van der Waals surface area contributed by atoms with Gasteiger partial charge in [-0.1, -0.05) is 29.4 Å².